The van der Waals surface area contributed by atoms with Crippen LogP contribution < -0.4 is 14.2 Å². The van der Waals surface area contributed by atoms with Crippen molar-refractivity contribution in [3.8, 4) is 17.6 Å². The van der Waals surface area contributed by atoms with Gasteiger partial charge in [0.1, 0.15) is 35.7 Å². The van der Waals surface area contributed by atoms with Crippen molar-refractivity contribution in [2.75, 3.05) is 26.9 Å². The zero-order valence-corrected chi connectivity index (χ0v) is 21.8. The van der Waals surface area contributed by atoms with Crippen LogP contribution in [0.5, 0.6) is 17.6 Å². The number of pyridine rings is 1. The van der Waals surface area contributed by atoms with Crippen molar-refractivity contribution in [1.29, 1.82) is 0 Å². The van der Waals surface area contributed by atoms with Gasteiger partial charge in [-0.15, -0.1) is 6.58 Å². The molecule has 1 aliphatic carbocycles. The minimum absolute atomic E-state index is 0.0350. The molecule has 1 spiro atoms. The first-order chi connectivity index (χ1) is 18.0. The lowest BCUT2D eigenvalue weighted by atomic mass is 9.86. The molecule has 2 saturated heterocycles. The fourth-order valence-corrected chi connectivity index (χ4v) is 7.54. The fraction of sp³-hybridized carbons (Fsp3) is 0.483. The summed E-state index contributed by atoms with van der Waals surface area (Å²) >= 11 is 0. The van der Waals surface area contributed by atoms with Gasteiger partial charge in [0.25, 0.3) is 0 Å². The van der Waals surface area contributed by atoms with E-state index in [4.69, 9.17) is 19.2 Å². The molecule has 8 nitrogen and oxygen atoms in total. The zero-order chi connectivity index (χ0) is 25.8. The van der Waals surface area contributed by atoms with E-state index in [2.05, 4.69) is 22.6 Å². The SMILES string of the molecule is C=CC1C2CC(C(O)c3ccnc4ccc(OC)cc34)[N+]3(Cc4cc(OCC)nc(OCC)n4)CCC123. The minimum atomic E-state index is -0.646. The van der Waals surface area contributed by atoms with E-state index in [1.807, 2.05) is 44.2 Å². The quantitative estimate of drug-likeness (QED) is 0.327. The molecule has 3 aliphatic rings. The summed E-state index contributed by atoms with van der Waals surface area (Å²) in [5.74, 6) is 2.28. The number of benzene rings is 1. The Bertz CT molecular complexity index is 1320. The van der Waals surface area contributed by atoms with E-state index in [1.165, 1.54) is 0 Å². The molecule has 0 bridgehead atoms. The van der Waals surface area contributed by atoms with E-state index in [0.717, 1.165) is 51.8 Å². The number of ether oxygens (including phenoxy) is 3. The van der Waals surface area contributed by atoms with Crippen LogP contribution in [0.2, 0.25) is 0 Å². The number of quaternary nitrogens is 1. The molecule has 1 saturated carbocycles. The second-order valence-corrected chi connectivity index (χ2v) is 10.4. The van der Waals surface area contributed by atoms with E-state index in [1.54, 1.807) is 13.3 Å². The Morgan fingerprint density at radius 1 is 1.19 bits per heavy atom. The van der Waals surface area contributed by atoms with Crippen molar-refractivity contribution >= 4 is 10.9 Å². The van der Waals surface area contributed by atoms with E-state index in [-0.39, 0.29) is 11.6 Å². The molecule has 1 aromatic carbocycles. The van der Waals surface area contributed by atoms with Crippen LogP contribution in [0.4, 0.5) is 0 Å². The molecule has 6 rings (SSSR count). The molecule has 3 aromatic rings. The van der Waals surface area contributed by atoms with Crippen molar-refractivity contribution in [2.24, 2.45) is 11.8 Å². The lowest BCUT2D eigenvalue weighted by Gasteiger charge is -2.56. The number of hydrogen-bond donors (Lipinski definition) is 1. The maximum absolute atomic E-state index is 12.0. The molecule has 37 heavy (non-hydrogen) atoms. The van der Waals surface area contributed by atoms with E-state index < -0.39 is 6.10 Å². The van der Waals surface area contributed by atoms with Crippen molar-refractivity contribution in [3.05, 3.63) is 60.4 Å². The molecule has 1 N–H and O–H groups in total. The molecule has 6 atom stereocenters. The lowest BCUT2D eigenvalue weighted by molar-refractivity contribution is -1.03. The number of nitrogens with zero attached hydrogens (tertiary/aromatic N) is 4. The van der Waals surface area contributed by atoms with Gasteiger partial charge in [-0.1, -0.05) is 6.08 Å². The van der Waals surface area contributed by atoms with E-state index >= 15 is 0 Å². The normalized spacial score (nSPS) is 30.1. The molecule has 3 fully saturated rings. The molecular weight excluding hydrogens is 468 g/mol. The number of fused-ring (bicyclic) bond motifs is 1. The van der Waals surface area contributed by atoms with Gasteiger partial charge in [-0.25, -0.2) is 0 Å². The maximum atomic E-state index is 12.0. The monoisotopic (exact) mass is 503 g/mol. The Morgan fingerprint density at radius 2 is 2.03 bits per heavy atom. The molecule has 8 heteroatoms. The van der Waals surface area contributed by atoms with Gasteiger partial charge >= 0.3 is 6.01 Å². The summed E-state index contributed by atoms with van der Waals surface area (Å²) in [6.07, 6.45) is 5.37. The summed E-state index contributed by atoms with van der Waals surface area (Å²) in [4.78, 5) is 13.7. The number of piperidine rings is 1. The summed E-state index contributed by atoms with van der Waals surface area (Å²) in [5, 5.41) is 13.0. The van der Waals surface area contributed by atoms with Crippen LogP contribution in [0.15, 0.2) is 49.2 Å². The van der Waals surface area contributed by atoms with Crippen LogP contribution in [0, 0.1) is 11.8 Å². The molecular formula is C29H35N4O4+. The van der Waals surface area contributed by atoms with Crippen LogP contribution >= 0.6 is 0 Å². The van der Waals surface area contributed by atoms with Gasteiger partial charge < -0.3 is 23.8 Å². The molecule has 0 amide bonds. The first-order valence-corrected chi connectivity index (χ1v) is 13.2. The summed E-state index contributed by atoms with van der Waals surface area (Å²) in [6, 6.07) is 10.1. The Hall–Kier alpha value is -3.23. The van der Waals surface area contributed by atoms with Crippen LogP contribution in [-0.4, -0.2) is 63.0 Å². The number of hydrogen-bond acceptors (Lipinski definition) is 7. The van der Waals surface area contributed by atoms with Crippen molar-refractivity contribution in [1.82, 2.24) is 15.0 Å². The molecule has 2 aliphatic heterocycles. The summed E-state index contributed by atoms with van der Waals surface area (Å²) < 4.78 is 17.7. The molecule has 4 heterocycles. The van der Waals surface area contributed by atoms with Crippen molar-refractivity contribution in [2.45, 2.75) is 50.9 Å². The van der Waals surface area contributed by atoms with Crippen molar-refractivity contribution in [3.63, 3.8) is 0 Å². The Kier molecular flexibility index (Phi) is 5.84. The largest absolute Gasteiger partial charge is 0.497 e. The first kappa shape index (κ1) is 24.1. The van der Waals surface area contributed by atoms with Crippen LogP contribution in [-0.2, 0) is 6.54 Å². The average Bonchev–Trinajstić information content (AvgIpc) is 3.54. The topological polar surface area (TPSA) is 86.6 Å². The average molecular weight is 504 g/mol. The number of aliphatic hydroxyl groups excluding tert-OH is 1. The zero-order valence-electron chi connectivity index (χ0n) is 21.8. The maximum Gasteiger partial charge on any atom is 0.320 e. The predicted octanol–water partition coefficient (Wildman–Crippen LogP) is 4.23. The lowest BCUT2D eigenvalue weighted by Crippen LogP contribution is -2.70. The number of aromatic nitrogens is 3. The highest BCUT2D eigenvalue weighted by Crippen LogP contribution is 2.75. The Labute approximate surface area is 217 Å². The summed E-state index contributed by atoms with van der Waals surface area (Å²) in [7, 11) is 1.66. The highest BCUT2D eigenvalue weighted by Gasteiger charge is 2.86. The van der Waals surface area contributed by atoms with Gasteiger partial charge in [-0.2, -0.15) is 9.97 Å². The van der Waals surface area contributed by atoms with Crippen LogP contribution in [0.1, 0.15) is 44.1 Å². The third-order valence-corrected chi connectivity index (χ3v) is 9.08. The van der Waals surface area contributed by atoms with Crippen molar-refractivity contribution < 1.29 is 23.8 Å². The van der Waals surface area contributed by atoms with E-state index in [0.29, 0.717) is 43.5 Å². The second kappa shape index (κ2) is 8.96. The second-order valence-electron chi connectivity index (χ2n) is 10.4. The minimum Gasteiger partial charge on any atom is -0.497 e. The van der Waals surface area contributed by atoms with Crippen LogP contribution in [0.25, 0.3) is 10.9 Å². The van der Waals surface area contributed by atoms with Crippen LogP contribution in [0.3, 0.4) is 0 Å². The predicted molar refractivity (Wildman–Crippen MR) is 139 cm³/mol. The van der Waals surface area contributed by atoms with Gasteiger partial charge in [-0.05, 0) is 43.7 Å². The fourth-order valence-electron chi connectivity index (χ4n) is 7.54. The third kappa shape index (κ3) is 3.45. The number of rotatable bonds is 10. The van der Waals surface area contributed by atoms with Gasteiger partial charge in [0.15, 0.2) is 0 Å². The van der Waals surface area contributed by atoms with Gasteiger partial charge in [0.05, 0.1) is 38.8 Å². The highest BCUT2D eigenvalue weighted by atomic mass is 16.5. The highest BCUT2D eigenvalue weighted by molar-refractivity contribution is 5.84. The Balaban J connectivity index is 1.41. The third-order valence-electron chi connectivity index (χ3n) is 9.08. The molecule has 194 valence electrons. The Morgan fingerprint density at radius 3 is 2.73 bits per heavy atom. The standard InChI is InChI=1S/C29H35N4O4/c1-5-22-23-16-25(27(34)20-10-12-30-24-9-8-19(35-4)15-21(20)24)33(13-11-29(22,23)33)17-18-14-26(36-6-2)32-28(31-18)37-7-3/h5,8-10,12,14-15,22-23,25,27,34H,1,6-7,11,13,16-17H2,2-4H3/q+1. The molecule has 2 aromatic heterocycles. The molecule has 0 radical (unpaired) electrons. The van der Waals surface area contributed by atoms with Gasteiger partial charge in [0, 0.05) is 35.9 Å². The number of methoxy groups -OCH3 is 1. The smallest absolute Gasteiger partial charge is 0.320 e. The van der Waals surface area contributed by atoms with E-state index in [9.17, 15) is 5.11 Å². The summed E-state index contributed by atoms with van der Waals surface area (Å²) in [6.45, 7) is 10.7. The van der Waals surface area contributed by atoms with Gasteiger partial charge in [0.2, 0.25) is 5.88 Å². The molecule has 6 unspecified atom stereocenters. The van der Waals surface area contributed by atoms with Gasteiger partial charge in [-0.3, -0.25) is 4.98 Å². The summed E-state index contributed by atoms with van der Waals surface area (Å²) in [5.41, 5.74) is 2.76. The number of aliphatic hydroxyl groups is 1. The first-order valence-electron chi connectivity index (χ1n) is 13.2.